The first-order valence-corrected chi connectivity index (χ1v) is 7.09. The highest BCUT2D eigenvalue weighted by Gasteiger charge is 2.08. The molecule has 0 aliphatic heterocycles. The zero-order valence-electron chi connectivity index (χ0n) is 10.7. The van der Waals surface area contributed by atoms with E-state index in [-0.39, 0.29) is 10.4 Å². The molecule has 0 bridgehead atoms. The number of hydrogen-bond donors (Lipinski definition) is 2. The summed E-state index contributed by atoms with van der Waals surface area (Å²) in [5.74, 6) is 0. The second-order valence-corrected chi connectivity index (χ2v) is 5.19. The Balaban J connectivity index is 0.000000576. The molecule has 0 aromatic heterocycles. The smallest absolute Gasteiger partial charge is 0.294 e. The Labute approximate surface area is 113 Å². The lowest BCUT2D eigenvalue weighted by Crippen LogP contribution is -1.97. The number of nitrogens with two attached hydrogens (primary N) is 1. The van der Waals surface area contributed by atoms with E-state index in [0.717, 1.165) is 23.7 Å². The molecule has 0 saturated heterocycles. The fraction of sp³-hybridized carbons (Fsp3) is 0.231. The van der Waals surface area contributed by atoms with Gasteiger partial charge in [0.25, 0.3) is 10.1 Å². The normalized spacial score (nSPS) is 10.3. The summed E-state index contributed by atoms with van der Waals surface area (Å²) < 4.78 is 30.5. The van der Waals surface area contributed by atoms with E-state index >= 15 is 0 Å². The summed E-state index contributed by atoms with van der Waals surface area (Å²) in [4.78, 5) is -0.0730. The zero-order valence-corrected chi connectivity index (χ0v) is 11.5. The van der Waals surface area contributed by atoms with Crippen molar-refractivity contribution in [1.29, 1.82) is 0 Å². The first-order chi connectivity index (χ1) is 8.49. The van der Waals surface area contributed by atoms with E-state index in [2.05, 4.69) is 6.92 Å². The molecule has 106 valence electrons. The number of benzene rings is 2. The van der Waals surface area contributed by atoms with Crippen LogP contribution in [0.1, 0.15) is 13.3 Å². The maximum Gasteiger partial charge on any atom is 0.294 e. The van der Waals surface area contributed by atoms with Crippen molar-refractivity contribution in [2.45, 2.75) is 18.2 Å². The van der Waals surface area contributed by atoms with Gasteiger partial charge in [0.2, 0.25) is 0 Å². The van der Waals surface area contributed by atoms with Crippen molar-refractivity contribution in [3.8, 4) is 0 Å². The standard InChI is InChI=1S/C10H8O3S.C3H9N.H2O/c11-14(12,13)10-6-5-8-3-1-2-4-9(8)7-10;1-2-3-4;/h1-7H,(H,11,12,13);2-4H2,1H3;1H2. The summed E-state index contributed by atoms with van der Waals surface area (Å²) in [6.45, 7) is 2.88. The van der Waals surface area contributed by atoms with Crippen LogP contribution in [0.2, 0.25) is 0 Å². The molecule has 0 spiro atoms. The van der Waals surface area contributed by atoms with Gasteiger partial charge in [0, 0.05) is 0 Å². The molecule has 0 aliphatic rings. The van der Waals surface area contributed by atoms with Crippen LogP contribution in [-0.2, 0) is 10.1 Å². The lowest BCUT2D eigenvalue weighted by atomic mass is 10.1. The number of fused-ring (bicyclic) bond motifs is 1. The van der Waals surface area contributed by atoms with Gasteiger partial charge in [-0.25, -0.2) is 0 Å². The minimum atomic E-state index is -4.09. The number of rotatable bonds is 2. The van der Waals surface area contributed by atoms with Crippen LogP contribution < -0.4 is 5.73 Å². The summed E-state index contributed by atoms with van der Waals surface area (Å²) >= 11 is 0. The van der Waals surface area contributed by atoms with Crippen molar-refractivity contribution in [3.05, 3.63) is 42.5 Å². The monoisotopic (exact) mass is 285 g/mol. The lowest BCUT2D eigenvalue weighted by Gasteiger charge is -1.99. The molecule has 0 radical (unpaired) electrons. The molecule has 0 atom stereocenters. The SMILES string of the molecule is CCCN.O.O=S(=O)(O)c1ccc2ccccc2c1. The van der Waals surface area contributed by atoms with E-state index in [1.165, 1.54) is 12.1 Å². The fourth-order valence-electron chi connectivity index (χ4n) is 1.33. The Kier molecular flexibility index (Phi) is 7.25. The molecule has 0 saturated carbocycles. The Morgan fingerprint density at radius 2 is 1.63 bits per heavy atom. The third kappa shape index (κ3) is 5.35. The molecule has 2 aromatic carbocycles. The van der Waals surface area contributed by atoms with E-state index < -0.39 is 10.1 Å². The van der Waals surface area contributed by atoms with Crippen LogP contribution in [0.5, 0.6) is 0 Å². The Hall–Kier alpha value is -1.47. The molecule has 0 unspecified atom stereocenters. The highest BCUT2D eigenvalue weighted by molar-refractivity contribution is 7.85. The maximum atomic E-state index is 10.8. The first kappa shape index (κ1) is 17.5. The van der Waals surface area contributed by atoms with E-state index in [0.29, 0.717) is 0 Å². The molecule has 19 heavy (non-hydrogen) atoms. The van der Waals surface area contributed by atoms with Gasteiger partial charge in [-0.3, -0.25) is 4.55 Å². The van der Waals surface area contributed by atoms with Crippen molar-refractivity contribution in [2.75, 3.05) is 6.54 Å². The molecule has 2 rings (SSSR count). The van der Waals surface area contributed by atoms with Gasteiger partial charge >= 0.3 is 0 Å². The van der Waals surface area contributed by atoms with E-state index in [9.17, 15) is 8.42 Å². The molecule has 6 heteroatoms. The minimum Gasteiger partial charge on any atom is -0.412 e. The maximum absolute atomic E-state index is 10.8. The Bertz CT molecular complexity index is 609. The molecule has 2 aromatic rings. The minimum absolute atomic E-state index is 0. The van der Waals surface area contributed by atoms with Gasteiger partial charge < -0.3 is 11.2 Å². The van der Waals surface area contributed by atoms with Crippen LogP contribution >= 0.6 is 0 Å². The van der Waals surface area contributed by atoms with Crippen LogP contribution in [0.4, 0.5) is 0 Å². The Morgan fingerprint density at radius 1 is 1.11 bits per heavy atom. The van der Waals surface area contributed by atoms with Crippen LogP contribution in [0.3, 0.4) is 0 Å². The largest absolute Gasteiger partial charge is 0.412 e. The predicted molar refractivity (Wildman–Crippen MR) is 76.7 cm³/mol. The van der Waals surface area contributed by atoms with Crippen LogP contribution in [-0.4, -0.2) is 25.0 Å². The molecule has 0 amide bonds. The third-order valence-corrected chi connectivity index (χ3v) is 3.16. The summed E-state index contributed by atoms with van der Waals surface area (Å²) in [5, 5.41) is 1.74. The van der Waals surface area contributed by atoms with Crippen molar-refractivity contribution < 1.29 is 18.4 Å². The molecule has 0 aliphatic carbocycles. The van der Waals surface area contributed by atoms with E-state index in [1.807, 2.05) is 18.2 Å². The summed E-state index contributed by atoms with van der Waals surface area (Å²) in [6.07, 6.45) is 1.10. The molecule has 5 N–H and O–H groups in total. The second-order valence-electron chi connectivity index (χ2n) is 3.77. The van der Waals surface area contributed by atoms with Gasteiger partial charge in [0.05, 0.1) is 4.90 Å². The highest BCUT2D eigenvalue weighted by atomic mass is 32.2. The van der Waals surface area contributed by atoms with Gasteiger partial charge in [-0.2, -0.15) is 8.42 Å². The first-order valence-electron chi connectivity index (χ1n) is 5.65. The molecular weight excluding hydrogens is 266 g/mol. The average Bonchev–Trinajstić information content (AvgIpc) is 2.37. The zero-order chi connectivity index (χ0) is 13.6. The average molecular weight is 285 g/mol. The van der Waals surface area contributed by atoms with Crippen LogP contribution in [0, 0.1) is 0 Å². The molecule has 5 nitrogen and oxygen atoms in total. The third-order valence-electron chi connectivity index (χ3n) is 2.31. The predicted octanol–water partition coefficient (Wildman–Crippen LogP) is 1.62. The van der Waals surface area contributed by atoms with Gasteiger partial charge in [0.15, 0.2) is 0 Å². The van der Waals surface area contributed by atoms with Gasteiger partial charge in [0.1, 0.15) is 0 Å². The van der Waals surface area contributed by atoms with Gasteiger partial charge in [-0.15, -0.1) is 0 Å². The van der Waals surface area contributed by atoms with Gasteiger partial charge in [-0.1, -0.05) is 37.3 Å². The summed E-state index contributed by atoms with van der Waals surface area (Å²) in [6, 6.07) is 11.9. The van der Waals surface area contributed by atoms with E-state index in [1.54, 1.807) is 12.1 Å². The second kappa shape index (κ2) is 7.85. The number of hydrogen-bond acceptors (Lipinski definition) is 3. The van der Waals surface area contributed by atoms with Crippen LogP contribution in [0.15, 0.2) is 47.4 Å². The molecule has 0 heterocycles. The quantitative estimate of drug-likeness (QED) is 0.816. The van der Waals surface area contributed by atoms with Crippen molar-refractivity contribution in [3.63, 3.8) is 0 Å². The molecular formula is C13H19NO4S. The highest BCUT2D eigenvalue weighted by Crippen LogP contribution is 2.18. The van der Waals surface area contributed by atoms with Gasteiger partial charge in [-0.05, 0) is 35.9 Å². The summed E-state index contributed by atoms with van der Waals surface area (Å²) in [5.41, 5.74) is 5.03. The molecule has 0 fully saturated rings. The van der Waals surface area contributed by atoms with Crippen molar-refractivity contribution in [2.24, 2.45) is 5.73 Å². The van der Waals surface area contributed by atoms with Crippen molar-refractivity contribution >= 4 is 20.9 Å². The fourth-order valence-corrected chi connectivity index (χ4v) is 1.84. The topological polar surface area (TPSA) is 112 Å². The summed E-state index contributed by atoms with van der Waals surface area (Å²) in [7, 11) is -4.09. The Morgan fingerprint density at radius 3 is 2.11 bits per heavy atom. The van der Waals surface area contributed by atoms with Crippen LogP contribution in [0.25, 0.3) is 10.8 Å². The van der Waals surface area contributed by atoms with Crippen molar-refractivity contribution in [1.82, 2.24) is 0 Å². The lowest BCUT2D eigenvalue weighted by molar-refractivity contribution is 0.483. The van der Waals surface area contributed by atoms with E-state index in [4.69, 9.17) is 10.3 Å².